The van der Waals surface area contributed by atoms with E-state index in [9.17, 15) is 39.9 Å². The highest BCUT2D eigenvalue weighted by atomic mass is 16.6. The maximum atomic E-state index is 12.5. The van der Waals surface area contributed by atoms with Crippen LogP contribution in [-0.4, -0.2) is 67.4 Å². The van der Waals surface area contributed by atoms with Gasteiger partial charge in [0.1, 0.15) is 12.2 Å². The molecule has 1 aliphatic heterocycles. The van der Waals surface area contributed by atoms with Gasteiger partial charge in [0.15, 0.2) is 34.7 Å². The molecule has 2 aromatic carbocycles. The lowest BCUT2D eigenvalue weighted by Crippen LogP contribution is -2.51. The Bertz CT molecular complexity index is 1260. The van der Waals surface area contributed by atoms with Crippen LogP contribution in [0.1, 0.15) is 24.0 Å². The zero-order valence-corrected chi connectivity index (χ0v) is 18.6. The topological polar surface area (TPSA) is 180 Å². The van der Waals surface area contributed by atoms with Crippen LogP contribution in [0.3, 0.4) is 0 Å². The molecule has 1 unspecified atom stereocenters. The molecule has 2 bridgehead atoms. The van der Waals surface area contributed by atoms with Gasteiger partial charge in [-0.05, 0) is 47.5 Å². The van der Waals surface area contributed by atoms with Gasteiger partial charge in [-0.15, -0.1) is 0 Å². The lowest BCUT2D eigenvalue weighted by Gasteiger charge is -2.35. The van der Waals surface area contributed by atoms with Gasteiger partial charge in [0.25, 0.3) is 0 Å². The second-order valence-corrected chi connectivity index (χ2v) is 8.42. The molecule has 11 heteroatoms. The number of hydrogen-bond donors (Lipinski definition) is 5. The second-order valence-electron chi connectivity index (χ2n) is 8.42. The lowest BCUT2D eigenvalue weighted by molar-refractivity contribution is -0.178. The summed E-state index contributed by atoms with van der Waals surface area (Å²) in [5.41, 5.74) is -1.11. The van der Waals surface area contributed by atoms with Crippen molar-refractivity contribution >= 4 is 30.1 Å². The lowest BCUT2D eigenvalue weighted by atomic mass is 9.82. The summed E-state index contributed by atoms with van der Waals surface area (Å²) in [6.45, 7) is 0. The van der Waals surface area contributed by atoms with E-state index in [0.29, 0.717) is 11.1 Å². The van der Waals surface area contributed by atoms with Crippen molar-refractivity contribution in [3.63, 3.8) is 0 Å². The molecule has 1 heterocycles. The summed E-state index contributed by atoms with van der Waals surface area (Å²) in [4.78, 5) is 37.0. The summed E-state index contributed by atoms with van der Waals surface area (Å²) in [6.07, 6.45) is 0.764. The maximum absolute atomic E-state index is 12.5. The third kappa shape index (κ3) is 5.26. The second kappa shape index (κ2) is 9.62. The van der Waals surface area contributed by atoms with Crippen molar-refractivity contribution in [2.24, 2.45) is 0 Å². The Morgan fingerprint density at radius 3 is 1.89 bits per heavy atom. The van der Waals surface area contributed by atoms with Crippen molar-refractivity contribution in [2.45, 2.75) is 36.8 Å². The monoisotopic (exact) mass is 498 g/mol. The first kappa shape index (κ1) is 24.6. The van der Waals surface area contributed by atoms with E-state index < -0.39 is 41.8 Å². The number of hydrogen-bond acceptors (Lipinski definition) is 11. The number of fused-ring (bicyclic) bond motifs is 2. The van der Waals surface area contributed by atoms with Crippen molar-refractivity contribution in [1.29, 1.82) is 0 Å². The van der Waals surface area contributed by atoms with Crippen LogP contribution in [0.4, 0.5) is 0 Å². The van der Waals surface area contributed by atoms with Crippen LogP contribution in [0.25, 0.3) is 12.2 Å². The Morgan fingerprint density at radius 1 is 0.833 bits per heavy atom. The van der Waals surface area contributed by atoms with Gasteiger partial charge >= 0.3 is 17.9 Å². The van der Waals surface area contributed by atoms with E-state index >= 15 is 0 Å². The Morgan fingerprint density at radius 2 is 1.36 bits per heavy atom. The number of aromatic hydroxyl groups is 4. The fourth-order valence-corrected chi connectivity index (χ4v) is 3.98. The average Bonchev–Trinajstić information content (AvgIpc) is 3.07. The minimum atomic E-state index is -1.88. The van der Waals surface area contributed by atoms with Crippen LogP contribution in [0, 0.1) is 0 Å². The molecular weight excluding hydrogens is 476 g/mol. The summed E-state index contributed by atoms with van der Waals surface area (Å²) >= 11 is 0. The molecule has 4 atom stereocenters. The van der Waals surface area contributed by atoms with Crippen LogP contribution in [-0.2, 0) is 28.6 Å². The largest absolute Gasteiger partial charge is 0.504 e. The summed E-state index contributed by atoms with van der Waals surface area (Å²) in [6, 6.07) is 7.81. The summed E-state index contributed by atoms with van der Waals surface area (Å²) < 4.78 is 15.9. The van der Waals surface area contributed by atoms with E-state index in [2.05, 4.69) is 0 Å². The maximum Gasteiger partial charge on any atom is 0.338 e. The van der Waals surface area contributed by atoms with Crippen LogP contribution in [0.5, 0.6) is 23.0 Å². The van der Waals surface area contributed by atoms with E-state index in [1.54, 1.807) is 0 Å². The molecule has 11 nitrogen and oxygen atoms in total. The van der Waals surface area contributed by atoms with E-state index in [-0.39, 0.29) is 35.8 Å². The van der Waals surface area contributed by atoms with E-state index in [4.69, 9.17) is 14.2 Å². The van der Waals surface area contributed by atoms with Crippen LogP contribution >= 0.6 is 0 Å². The number of carbonyl (C=O) groups excluding carboxylic acids is 3. The Balaban J connectivity index is 1.46. The predicted octanol–water partition coefficient (Wildman–Crippen LogP) is 1.51. The summed E-state index contributed by atoms with van der Waals surface area (Å²) in [5, 5.41) is 48.4. The van der Waals surface area contributed by atoms with E-state index in [1.165, 1.54) is 48.6 Å². The van der Waals surface area contributed by atoms with Crippen LogP contribution < -0.4 is 0 Å². The first-order valence-electron chi connectivity index (χ1n) is 10.8. The van der Waals surface area contributed by atoms with Gasteiger partial charge in [-0.3, -0.25) is 0 Å². The molecule has 1 saturated heterocycles. The van der Waals surface area contributed by atoms with Crippen molar-refractivity contribution < 1.29 is 54.1 Å². The predicted molar refractivity (Wildman–Crippen MR) is 121 cm³/mol. The van der Waals surface area contributed by atoms with Crippen LogP contribution in [0.15, 0.2) is 48.6 Å². The van der Waals surface area contributed by atoms with E-state index in [0.717, 1.165) is 12.2 Å². The molecule has 188 valence electrons. The molecule has 2 aromatic rings. The quantitative estimate of drug-likeness (QED) is 0.169. The number of benzene rings is 2. The van der Waals surface area contributed by atoms with Crippen LogP contribution in [0.2, 0.25) is 0 Å². The highest BCUT2D eigenvalue weighted by Gasteiger charge is 2.60. The fraction of sp³-hybridized carbons (Fsp3) is 0.240. The molecule has 4 rings (SSSR count). The zero-order valence-electron chi connectivity index (χ0n) is 18.6. The molecule has 0 spiro atoms. The zero-order chi connectivity index (χ0) is 26.0. The van der Waals surface area contributed by atoms with Crippen molar-refractivity contribution in [3.8, 4) is 23.0 Å². The first-order chi connectivity index (χ1) is 17.0. The third-order valence-corrected chi connectivity index (χ3v) is 5.79. The number of phenolic OH excluding ortho intramolecular Hbond substituents is 4. The van der Waals surface area contributed by atoms with Gasteiger partial charge in [-0.25, -0.2) is 14.4 Å². The van der Waals surface area contributed by atoms with Gasteiger partial charge < -0.3 is 39.7 Å². The fourth-order valence-electron chi connectivity index (χ4n) is 3.98. The van der Waals surface area contributed by atoms with Crippen molar-refractivity contribution in [2.75, 3.05) is 0 Å². The SMILES string of the molecule is O=C(/C=C/c1ccc(O)c(O)c1)O[C@H]1C[C@]2(O)CC(OC2=O)[C@@H]1OC(=O)/C=C/c1ccc(O)c(O)c1. The van der Waals surface area contributed by atoms with Gasteiger partial charge in [-0.2, -0.15) is 0 Å². The molecule has 0 amide bonds. The summed E-state index contributed by atoms with van der Waals surface area (Å²) in [7, 11) is 0. The van der Waals surface area contributed by atoms with Crippen molar-refractivity contribution in [1.82, 2.24) is 0 Å². The minimum Gasteiger partial charge on any atom is -0.504 e. The molecule has 2 fully saturated rings. The Labute approximate surface area is 204 Å². The number of ether oxygens (including phenoxy) is 3. The van der Waals surface area contributed by atoms with Gasteiger partial charge in [0.05, 0.1) is 0 Å². The highest BCUT2D eigenvalue weighted by molar-refractivity contribution is 5.89. The Hall–Kier alpha value is -4.51. The molecule has 2 aliphatic rings. The molecule has 36 heavy (non-hydrogen) atoms. The molecule has 5 N–H and O–H groups in total. The number of aliphatic hydroxyl groups is 1. The number of rotatable bonds is 6. The number of esters is 3. The Kier molecular flexibility index (Phi) is 6.58. The average molecular weight is 498 g/mol. The molecule has 0 radical (unpaired) electrons. The third-order valence-electron chi connectivity index (χ3n) is 5.79. The standard InChI is InChI=1S/C25H22O11/c26-15-5-1-13(9-17(15)28)3-7-21(30)34-19-11-25(33)12-20(35-24(25)32)23(19)36-22(31)8-4-14-2-6-16(27)18(29)10-14/h1-10,19-20,23,26-29,33H,11-12H2/b7-3+,8-4+/t19-,20?,23+,25-/m0/s1. The smallest absolute Gasteiger partial charge is 0.338 e. The number of carbonyl (C=O) groups is 3. The minimum absolute atomic E-state index is 0.143. The van der Waals surface area contributed by atoms with Crippen molar-refractivity contribution in [3.05, 3.63) is 59.7 Å². The number of phenols is 4. The first-order valence-corrected chi connectivity index (χ1v) is 10.8. The highest BCUT2D eigenvalue weighted by Crippen LogP contribution is 2.41. The van der Waals surface area contributed by atoms with Gasteiger partial charge in [-0.1, -0.05) is 12.1 Å². The molecule has 1 saturated carbocycles. The summed E-state index contributed by atoms with van der Waals surface area (Å²) in [5.74, 6) is -4.05. The van der Waals surface area contributed by atoms with Gasteiger partial charge in [0.2, 0.25) is 0 Å². The normalized spacial score (nSPS) is 25.1. The van der Waals surface area contributed by atoms with Gasteiger partial charge in [0, 0.05) is 25.0 Å². The molecular formula is C25H22O11. The molecule has 1 aliphatic carbocycles. The molecule has 0 aromatic heterocycles. The van der Waals surface area contributed by atoms with E-state index in [1.807, 2.05) is 0 Å².